The number of hydrogen-bond donors (Lipinski definition) is 0. The Bertz CT molecular complexity index is 463. The number of benzene rings is 1. The molecule has 0 aliphatic heterocycles. The van der Waals surface area contributed by atoms with Gasteiger partial charge in [0.2, 0.25) is 0 Å². The second kappa shape index (κ2) is 6.03. The van der Waals surface area contributed by atoms with Gasteiger partial charge in [0.15, 0.2) is 0 Å². The Morgan fingerprint density at radius 1 is 1.56 bits per heavy atom. The third kappa shape index (κ3) is 2.84. The Hall–Kier alpha value is -0.850. The van der Waals surface area contributed by atoms with Gasteiger partial charge in [-0.2, -0.15) is 5.26 Å². The normalized spacial score (nSPS) is 11.9. The summed E-state index contributed by atoms with van der Waals surface area (Å²) in [4.78, 5) is 0. The number of nitrogens with zero attached hydrogens (tertiary/aromatic N) is 1. The minimum absolute atomic E-state index is 0.197. The van der Waals surface area contributed by atoms with Crippen molar-refractivity contribution in [2.24, 2.45) is 0 Å². The molecule has 0 saturated heterocycles. The van der Waals surface area contributed by atoms with E-state index in [0.717, 1.165) is 6.42 Å². The summed E-state index contributed by atoms with van der Waals surface area (Å²) in [6.45, 7) is 1.94. The standard InChI is InChI=1S/C12H10BrClFN/c1-2-4-8(7-16)11(14)9-5-3-6-10(13)12(9)15/h3,5-6H,2,4H2,1H3/b11-8-. The number of nitriles is 1. The lowest BCUT2D eigenvalue weighted by molar-refractivity contribution is 0.618. The van der Waals surface area contributed by atoms with Crippen LogP contribution in [0.4, 0.5) is 4.39 Å². The van der Waals surface area contributed by atoms with E-state index >= 15 is 0 Å². The zero-order valence-corrected chi connectivity index (χ0v) is 11.1. The summed E-state index contributed by atoms with van der Waals surface area (Å²) in [5.74, 6) is -0.434. The van der Waals surface area contributed by atoms with Crippen LogP contribution in [0.2, 0.25) is 0 Å². The van der Waals surface area contributed by atoms with E-state index in [0.29, 0.717) is 16.5 Å². The van der Waals surface area contributed by atoms with E-state index in [1.54, 1.807) is 18.2 Å². The van der Waals surface area contributed by atoms with Gasteiger partial charge in [0.1, 0.15) is 5.82 Å². The van der Waals surface area contributed by atoms with Crippen LogP contribution in [0.1, 0.15) is 25.3 Å². The summed E-state index contributed by atoms with van der Waals surface area (Å²) in [7, 11) is 0. The molecular weight excluding hydrogens is 292 g/mol. The first kappa shape index (κ1) is 13.2. The SMILES string of the molecule is CCC/C(C#N)=C(/Cl)c1cccc(Br)c1F. The molecule has 0 aromatic heterocycles. The monoisotopic (exact) mass is 301 g/mol. The van der Waals surface area contributed by atoms with Gasteiger partial charge in [-0.25, -0.2) is 4.39 Å². The van der Waals surface area contributed by atoms with Crippen molar-refractivity contribution in [2.45, 2.75) is 19.8 Å². The van der Waals surface area contributed by atoms with Crippen LogP contribution >= 0.6 is 27.5 Å². The highest BCUT2D eigenvalue weighted by atomic mass is 79.9. The van der Waals surface area contributed by atoms with Crippen LogP contribution in [0.5, 0.6) is 0 Å². The predicted octanol–water partition coefficient (Wildman–Crippen LogP) is 4.86. The highest BCUT2D eigenvalue weighted by Crippen LogP contribution is 2.30. The van der Waals surface area contributed by atoms with Gasteiger partial charge in [-0.05, 0) is 28.4 Å². The van der Waals surface area contributed by atoms with Crippen LogP contribution in [0.25, 0.3) is 5.03 Å². The molecule has 16 heavy (non-hydrogen) atoms. The van der Waals surface area contributed by atoms with Gasteiger partial charge in [-0.3, -0.25) is 0 Å². The quantitative estimate of drug-likeness (QED) is 0.731. The van der Waals surface area contributed by atoms with Gasteiger partial charge >= 0.3 is 0 Å². The molecule has 0 unspecified atom stereocenters. The molecule has 0 aliphatic carbocycles. The van der Waals surface area contributed by atoms with E-state index in [2.05, 4.69) is 15.9 Å². The van der Waals surface area contributed by atoms with Crippen LogP contribution in [0.15, 0.2) is 28.2 Å². The number of hydrogen-bond acceptors (Lipinski definition) is 1. The Labute approximate surface area is 108 Å². The first-order valence-electron chi connectivity index (χ1n) is 4.85. The summed E-state index contributed by atoms with van der Waals surface area (Å²) >= 11 is 9.11. The topological polar surface area (TPSA) is 23.8 Å². The van der Waals surface area contributed by atoms with Gasteiger partial charge in [0, 0.05) is 11.1 Å². The van der Waals surface area contributed by atoms with Crippen LogP contribution < -0.4 is 0 Å². The van der Waals surface area contributed by atoms with E-state index in [1.807, 2.05) is 13.0 Å². The molecule has 0 N–H and O–H groups in total. The molecule has 1 aromatic rings. The van der Waals surface area contributed by atoms with Crippen molar-refractivity contribution in [3.63, 3.8) is 0 Å². The Kier molecular flexibility index (Phi) is 4.98. The van der Waals surface area contributed by atoms with Crippen molar-refractivity contribution >= 4 is 32.6 Å². The molecule has 0 fully saturated rings. The molecule has 0 aliphatic rings. The van der Waals surface area contributed by atoms with E-state index in [-0.39, 0.29) is 10.6 Å². The van der Waals surface area contributed by atoms with Gasteiger partial charge < -0.3 is 0 Å². The molecule has 0 amide bonds. The van der Waals surface area contributed by atoms with Crippen molar-refractivity contribution in [2.75, 3.05) is 0 Å². The molecule has 0 atom stereocenters. The van der Waals surface area contributed by atoms with E-state index < -0.39 is 5.82 Å². The highest BCUT2D eigenvalue weighted by molar-refractivity contribution is 9.10. The van der Waals surface area contributed by atoms with Crippen molar-refractivity contribution in [1.29, 1.82) is 5.26 Å². The lowest BCUT2D eigenvalue weighted by Crippen LogP contribution is -1.90. The average molecular weight is 303 g/mol. The summed E-state index contributed by atoms with van der Waals surface area (Å²) in [6, 6.07) is 6.86. The number of halogens is 3. The van der Waals surface area contributed by atoms with Crippen molar-refractivity contribution in [3.8, 4) is 6.07 Å². The second-order valence-corrected chi connectivity index (χ2v) is 4.49. The molecule has 0 heterocycles. The first-order valence-corrected chi connectivity index (χ1v) is 6.02. The zero-order chi connectivity index (χ0) is 12.1. The molecule has 1 nitrogen and oxygen atoms in total. The zero-order valence-electron chi connectivity index (χ0n) is 8.73. The van der Waals surface area contributed by atoms with Gasteiger partial charge in [0.25, 0.3) is 0 Å². The molecular formula is C12H10BrClFN. The molecule has 84 valence electrons. The lowest BCUT2D eigenvalue weighted by Gasteiger charge is -2.05. The maximum absolute atomic E-state index is 13.7. The summed E-state index contributed by atoms with van der Waals surface area (Å²) in [5.41, 5.74) is 0.683. The van der Waals surface area contributed by atoms with Crippen LogP contribution in [-0.4, -0.2) is 0 Å². The maximum atomic E-state index is 13.7. The average Bonchev–Trinajstić information content (AvgIpc) is 2.29. The third-order valence-corrected chi connectivity index (χ3v) is 3.13. The van der Waals surface area contributed by atoms with Crippen LogP contribution in [-0.2, 0) is 0 Å². The minimum Gasteiger partial charge on any atom is -0.205 e. The van der Waals surface area contributed by atoms with Gasteiger partial charge in [-0.1, -0.05) is 37.1 Å². The van der Waals surface area contributed by atoms with E-state index in [1.165, 1.54) is 0 Å². The predicted molar refractivity (Wildman–Crippen MR) is 67.4 cm³/mol. The summed E-state index contributed by atoms with van der Waals surface area (Å²) in [6.07, 6.45) is 1.36. The molecule has 4 heteroatoms. The molecule has 0 saturated carbocycles. The molecule has 1 aromatic carbocycles. The first-order chi connectivity index (χ1) is 7.61. The fourth-order valence-corrected chi connectivity index (χ4v) is 1.95. The van der Waals surface area contributed by atoms with Crippen LogP contribution in [0.3, 0.4) is 0 Å². The van der Waals surface area contributed by atoms with Crippen molar-refractivity contribution in [3.05, 3.63) is 39.6 Å². The Morgan fingerprint density at radius 2 is 2.25 bits per heavy atom. The third-order valence-electron chi connectivity index (χ3n) is 2.09. The fraction of sp³-hybridized carbons (Fsp3) is 0.250. The van der Waals surface area contributed by atoms with E-state index in [4.69, 9.17) is 16.9 Å². The van der Waals surface area contributed by atoms with Gasteiger partial charge in [-0.15, -0.1) is 0 Å². The smallest absolute Gasteiger partial charge is 0.146 e. The van der Waals surface area contributed by atoms with Crippen LogP contribution in [0, 0.1) is 17.1 Å². The number of rotatable bonds is 3. The van der Waals surface area contributed by atoms with Gasteiger partial charge in [0.05, 0.1) is 15.6 Å². The molecule has 0 radical (unpaired) electrons. The molecule has 0 bridgehead atoms. The highest BCUT2D eigenvalue weighted by Gasteiger charge is 2.12. The molecule has 1 rings (SSSR count). The van der Waals surface area contributed by atoms with Crippen molar-refractivity contribution < 1.29 is 4.39 Å². The second-order valence-electron chi connectivity index (χ2n) is 3.26. The summed E-state index contributed by atoms with van der Waals surface area (Å²) < 4.78 is 14.1. The van der Waals surface area contributed by atoms with E-state index in [9.17, 15) is 4.39 Å². The Balaban J connectivity index is 3.28. The Morgan fingerprint density at radius 3 is 2.81 bits per heavy atom. The number of allylic oxidation sites excluding steroid dienone is 1. The van der Waals surface area contributed by atoms with Crippen molar-refractivity contribution in [1.82, 2.24) is 0 Å². The fourth-order valence-electron chi connectivity index (χ4n) is 1.30. The summed E-state index contributed by atoms with van der Waals surface area (Å²) in [5, 5.41) is 9.12. The minimum atomic E-state index is -0.434. The lowest BCUT2D eigenvalue weighted by atomic mass is 10.1. The largest absolute Gasteiger partial charge is 0.205 e. The maximum Gasteiger partial charge on any atom is 0.146 e. The molecule has 0 spiro atoms.